The van der Waals surface area contributed by atoms with Crippen LogP contribution in [-0.2, 0) is 22.6 Å². The zero-order valence-electron chi connectivity index (χ0n) is 13.5. The maximum atomic E-state index is 12.5. The van der Waals surface area contributed by atoms with Gasteiger partial charge in [-0.15, -0.1) is 0 Å². The van der Waals surface area contributed by atoms with Gasteiger partial charge < -0.3 is 18.8 Å². The number of likely N-dealkylation sites (tertiary alicyclic amines) is 1. The molecule has 0 radical (unpaired) electrons. The first-order valence-corrected chi connectivity index (χ1v) is 8.01. The van der Waals surface area contributed by atoms with Crippen molar-refractivity contribution < 1.29 is 9.53 Å². The van der Waals surface area contributed by atoms with E-state index in [4.69, 9.17) is 4.74 Å². The second-order valence-electron chi connectivity index (χ2n) is 5.89. The second kappa shape index (κ2) is 7.41. The lowest BCUT2D eigenvalue weighted by Crippen LogP contribution is -2.41. The van der Waals surface area contributed by atoms with Crippen molar-refractivity contribution in [3.63, 3.8) is 0 Å². The van der Waals surface area contributed by atoms with Crippen LogP contribution in [0, 0.1) is 0 Å². The molecule has 0 aliphatic carbocycles. The van der Waals surface area contributed by atoms with E-state index in [1.165, 1.54) is 0 Å². The van der Waals surface area contributed by atoms with Gasteiger partial charge in [-0.2, -0.15) is 0 Å². The summed E-state index contributed by atoms with van der Waals surface area (Å²) in [6.45, 7) is 3.37. The number of hydrogen-bond donors (Lipinski definition) is 0. The normalized spacial score (nSPS) is 18.3. The molecule has 1 atom stereocenters. The van der Waals surface area contributed by atoms with Gasteiger partial charge in [0, 0.05) is 57.4 Å². The summed E-state index contributed by atoms with van der Waals surface area (Å²) in [7, 11) is 1.70. The van der Waals surface area contributed by atoms with Crippen LogP contribution in [0.2, 0.25) is 0 Å². The fourth-order valence-corrected chi connectivity index (χ4v) is 3.11. The molecule has 7 nitrogen and oxygen atoms in total. The van der Waals surface area contributed by atoms with E-state index in [0.29, 0.717) is 19.1 Å². The van der Waals surface area contributed by atoms with Crippen molar-refractivity contribution in [2.45, 2.75) is 31.8 Å². The van der Waals surface area contributed by atoms with Crippen LogP contribution in [0.3, 0.4) is 0 Å². The van der Waals surface area contributed by atoms with Gasteiger partial charge in [0.15, 0.2) is 0 Å². The Morgan fingerprint density at radius 2 is 2.30 bits per heavy atom. The molecule has 0 aromatic carbocycles. The standard InChI is InChI=1S/C16H23N5O2/c1-23-10-9-20-8-5-18-16(20)14-3-2-6-21(11-14)15(22)12-19-7-4-17-13-19/h4-5,7-8,13-14H,2-3,6,9-12H2,1H3. The zero-order valence-corrected chi connectivity index (χ0v) is 13.5. The minimum absolute atomic E-state index is 0.141. The Labute approximate surface area is 135 Å². The summed E-state index contributed by atoms with van der Waals surface area (Å²) in [6, 6.07) is 0. The Hall–Kier alpha value is -2.15. The number of amides is 1. The summed E-state index contributed by atoms with van der Waals surface area (Å²) >= 11 is 0. The van der Waals surface area contributed by atoms with Crippen molar-refractivity contribution in [3.05, 3.63) is 36.9 Å². The third kappa shape index (κ3) is 3.79. The quantitative estimate of drug-likeness (QED) is 0.801. The zero-order chi connectivity index (χ0) is 16.1. The molecule has 0 N–H and O–H groups in total. The Balaban J connectivity index is 1.64. The average Bonchev–Trinajstić information content (AvgIpc) is 3.24. The van der Waals surface area contributed by atoms with Crippen molar-refractivity contribution in [1.82, 2.24) is 24.0 Å². The predicted octanol–water partition coefficient (Wildman–Crippen LogP) is 1.13. The van der Waals surface area contributed by atoms with Crippen LogP contribution < -0.4 is 0 Å². The molecule has 3 heterocycles. The van der Waals surface area contributed by atoms with E-state index in [1.54, 1.807) is 19.6 Å². The molecule has 1 aliphatic rings. The summed E-state index contributed by atoms with van der Waals surface area (Å²) < 4.78 is 9.10. The van der Waals surface area contributed by atoms with Gasteiger partial charge in [0.1, 0.15) is 12.4 Å². The summed E-state index contributed by atoms with van der Waals surface area (Å²) in [4.78, 5) is 22.9. The molecule has 0 bridgehead atoms. The largest absolute Gasteiger partial charge is 0.383 e. The molecule has 2 aromatic heterocycles. The maximum Gasteiger partial charge on any atom is 0.242 e. The number of aromatic nitrogens is 4. The van der Waals surface area contributed by atoms with Crippen molar-refractivity contribution >= 4 is 5.91 Å². The lowest BCUT2D eigenvalue weighted by Gasteiger charge is -2.32. The second-order valence-corrected chi connectivity index (χ2v) is 5.89. The smallest absolute Gasteiger partial charge is 0.242 e. The van der Waals surface area contributed by atoms with Crippen LogP contribution in [0.1, 0.15) is 24.6 Å². The Morgan fingerprint density at radius 1 is 1.39 bits per heavy atom. The molecule has 7 heteroatoms. The topological polar surface area (TPSA) is 65.2 Å². The van der Waals surface area contributed by atoms with Crippen LogP contribution >= 0.6 is 0 Å². The molecule has 0 saturated carbocycles. The molecule has 124 valence electrons. The summed E-state index contributed by atoms with van der Waals surface area (Å²) in [5.41, 5.74) is 0. The lowest BCUT2D eigenvalue weighted by molar-refractivity contribution is -0.133. The summed E-state index contributed by atoms with van der Waals surface area (Å²) in [6.07, 6.45) is 11.1. The molecule has 1 saturated heterocycles. The molecule has 1 amide bonds. The van der Waals surface area contributed by atoms with Gasteiger partial charge >= 0.3 is 0 Å². The van der Waals surface area contributed by atoms with Gasteiger partial charge in [0.2, 0.25) is 5.91 Å². The first-order chi connectivity index (χ1) is 11.3. The van der Waals surface area contributed by atoms with Gasteiger partial charge in [-0.1, -0.05) is 0 Å². The van der Waals surface area contributed by atoms with E-state index >= 15 is 0 Å². The molecule has 1 aliphatic heterocycles. The first kappa shape index (κ1) is 15.7. The minimum atomic E-state index is 0.141. The lowest BCUT2D eigenvalue weighted by atomic mass is 9.97. The van der Waals surface area contributed by atoms with Crippen LogP contribution in [0.5, 0.6) is 0 Å². The van der Waals surface area contributed by atoms with Crippen LogP contribution in [0.25, 0.3) is 0 Å². The number of ether oxygens (including phenoxy) is 1. The fraction of sp³-hybridized carbons (Fsp3) is 0.562. The molecular weight excluding hydrogens is 294 g/mol. The number of nitrogens with zero attached hydrogens (tertiary/aromatic N) is 5. The monoisotopic (exact) mass is 317 g/mol. The molecule has 1 unspecified atom stereocenters. The van der Waals surface area contributed by atoms with Crippen molar-refractivity contribution in [3.8, 4) is 0 Å². The Kier molecular flexibility index (Phi) is 5.07. The predicted molar refractivity (Wildman–Crippen MR) is 84.9 cm³/mol. The summed E-state index contributed by atoms with van der Waals surface area (Å²) in [5, 5.41) is 0. The molecule has 23 heavy (non-hydrogen) atoms. The fourth-order valence-electron chi connectivity index (χ4n) is 3.11. The Bertz CT molecular complexity index is 622. The number of piperidine rings is 1. The SMILES string of the molecule is COCCn1ccnc1C1CCCN(C(=O)Cn2ccnc2)C1. The van der Waals surface area contributed by atoms with Crippen LogP contribution in [0.4, 0.5) is 0 Å². The maximum absolute atomic E-state index is 12.5. The van der Waals surface area contributed by atoms with E-state index < -0.39 is 0 Å². The van der Waals surface area contributed by atoms with E-state index in [2.05, 4.69) is 14.5 Å². The number of carbonyl (C=O) groups excluding carboxylic acids is 1. The average molecular weight is 317 g/mol. The van der Waals surface area contributed by atoms with E-state index in [9.17, 15) is 4.79 Å². The third-order valence-electron chi connectivity index (χ3n) is 4.30. The number of carbonyl (C=O) groups is 1. The highest BCUT2D eigenvalue weighted by molar-refractivity contribution is 5.76. The molecule has 2 aromatic rings. The highest BCUT2D eigenvalue weighted by Gasteiger charge is 2.27. The van der Waals surface area contributed by atoms with Gasteiger partial charge in [-0.05, 0) is 12.8 Å². The molecule has 0 spiro atoms. The molecular formula is C16H23N5O2. The number of rotatable bonds is 6. The third-order valence-corrected chi connectivity index (χ3v) is 4.30. The Morgan fingerprint density at radius 3 is 3.09 bits per heavy atom. The van der Waals surface area contributed by atoms with Crippen LogP contribution in [0.15, 0.2) is 31.1 Å². The minimum Gasteiger partial charge on any atom is -0.383 e. The van der Waals surface area contributed by atoms with E-state index in [1.807, 2.05) is 28.1 Å². The van der Waals surface area contributed by atoms with Gasteiger partial charge in [-0.3, -0.25) is 4.79 Å². The number of methoxy groups -OCH3 is 1. The van der Waals surface area contributed by atoms with Gasteiger partial charge in [0.05, 0.1) is 12.9 Å². The van der Waals surface area contributed by atoms with Gasteiger partial charge in [0.25, 0.3) is 0 Å². The highest BCUT2D eigenvalue weighted by Crippen LogP contribution is 2.26. The van der Waals surface area contributed by atoms with Crippen molar-refractivity contribution in [2.75, 3.05) is 26.8 Å². The number of imidazole rings is 2. The number of hydrogen-bond acceptors (Lipinski definition) is 4. The summed E-state index contributed by atoms with van der Waals surface area (Å²) in [5.74, 6) is 1.49. The molecule has 1 fully saturated rings. The van der Waals surface area contributed by atoms with Gasteiger partial charge in [-0.25, -0.2) is 9.97 Å². The van der Waals surface area contributed by atoms with E-state index in [-0.39, 0.29) is 5.91 Å². The van der Waals surface area contributed by atoms with Crippen molar-refractivity contribution in [2.24, 2.45) is 0 Å². The first-order valence-electron chi connectivity index (χ1n) is 8.01. The van der Waals surface area contributed by atoms with Crippen molar-refractivity contribution in [1.29, 1.82) is 0 Å². The molecule has 3 rings (SSSR count). The van der Waals surface area contributed by atoms with Crippen LogP contribution in [-0.4, -0.2) is 56.7 Å². The van der Waals surface area contributed by atoms with E-state index in [0.717, 1.165) is 38.3 Å². The highest BCUT2D eigenvalue weighted by atomic mass is 16.5.